The van der Waals surface area contributed by atoms with E-state index in [0.29, 0.717) is 36.6 Å². The maximum absolute atomic E-state index is 13.0. The molecule has 2 amide bonds. The second kappa shape index (κ2) is 10.0. The molecule has 0 unspecified atom stereocenters. The minimum atomic E-state index is -0.485. The van der Waals surface area contributed by atoms with Crippen molar-refractivity contribution in [2.24, 2.45) is 5.73 Å². The second-order valence-corrected chi connectivity index (χ2v) is 9.18. The van der Waals surface area contributed by atoms with Crippen molar-refractivity contribution in [3.63, 3.8) is 0 Å². The summed E-state index contributed by atoms with van der Waals surface area (Å²) in [5.41, 5.74) is 11.7. The van der Waals surface area contributed by atoms with Crippen molar-refractivity contribution in [1.29, 1.82) is 0 Å². The van der Waals surface area contributed by atoms with Crippen LogP contribution in [0.2, 0.25) is 0 Å². The van der Waals surface area contributed by atoms with E-state index in [1.54, 1.807) is 30.5 Å². The van der Waals surface area contributed by atoms with Gasteiger partial charge in [-0.1, -0.05) is 42.5 Å². The predicted octanol–water partition coefficient (Wildman–Crippen LogP) is 3.19. The summed E-state index contributed by atoms with van der Waals surface area (Å²) in [6.45, 7) is 0.316. The highest BCUT2D eigenvalue weighted by atomic mass is 16.2. The van der Waals surface area contributed by atoms with E-state index in [0.717, 1.165) is 46.4 Å². The summed E-state index contributed by atoms with van der Waals surface area (Å²) in [4.78, 5) is 39.0. The van der Waals surface area contributed by atoms with Gasteiger partial charge in [-0.3, -0.25) is 19.5 Å². The van der Waals surface area contributed by atoms with Crippen molar-refractivity contribution in [2.75, 3.05) is 0 Å². The molecule has 2 heterocycles. The molecule has 8 nitrogen and oxygen atoms in total. The molecule has 0 bridgehead atoms. The van der Waals surface area contributed by atoms with Crippen LogP contribution in [0.4, 0.5) is 0 Å². The fourth-order valence-corrected chi connectivity index (χ4v) is 4.30. The Labute approximate surface area is 208 Å². The van der Waals surface area contributed by atoms with E-state index in [1.807, 2.05) is 36.4 Å². The minimum Gasteiger partial charge on any atom is -0.366 e. The van der Waals surface area contributed by atoms with E-state index in [4.69, 9.17) is 5.73 Å². The molecule has 36 heavy (non-hydrogen) atoms. The van der Waals surface area contributed by atoms with E-state index in [9.17, 15) is 14.4 Å². The summed E-state index contributed by atoms with van der Waals surface area (Å²) in [5.74, 6) is -0.312. The highest BCUT2D eigenvalue weighted by Crippen LogP contribution is 2.41. The molecule has 1 fully saturated rings. The van der Waals surface area contributed by atoms with Gasteiger partial charge in [-0.25, -0.2) is 0 Å². The molecule has 1 aliphatic rings. The molecule has 0 radical (unpaired) electrons. The number of primary amides is 1. The third-order valence-corrected chi connectivity index (χ3v) is 6.49. The first-order valence-corrected chi connectivity index (χ1v) is 12.0. The molecule has 0 saturated heterocycles. The van der Waals surface area contributed by atoms with Crippen molar-refractivity contribution >= 4 is 11.8 Å². The van der Waals surface area contributed by atoms with E-state index in [1.165, 1.54) is 0 Å². The summed E-state index contributed by atoms with van der Waals surface area (Å²) in [5, 5.41) is 10.4. The van der Waals surface area contributed by atoms with Gasteiger partial charge < -0.3 is 16.0 Å². The molecule has 182 valence electrons. The maximum Gasteiger partial charge on any atom is 0.272 e. The van der Waals surface area contributed by atoms with Crippen LogP contribution in [0.3, 0.4) is 0 Å². The zero-order chi connectivity index (χ0) is 25.1. The fourth-order valence-electron chi connectivity index (χ4n) is 4.30. The molecular formula is C28H27N5O3. The normalized spacial score (nSPS) is 12.9. The van der Waals surface area contributed by atoms with Crippen LogP contribution in [-0.2, 0) is 19.4 Å². The Morgan fingerprint density at radius 3 is 2.25 bits per heavy atom. The van der Waals surface area contributed by atoms with Gasteiger partial charge in [0.15, 0.2) is 5.69 Å². The quantitative estimate of drug-likeness (QED) is 0.292. The third-order valence-electron chi connectivity index (χ3n) is 6.49. The second-order valence-electron chi connectivity index (χ2n) is 9.18. The SMILES string of the molecule is NC(=O)c1ccc(CNC(=O)c2n[nH]c(C3CC3)c2Cc2ccc(Cc3ccc[nH]c3=O)cc2)cc1. The molecule has 2 aromatic heterocycles. The highest BCUT2D eigenvalue weighted by Gasteiger charge is 2.31. The standard InChI is InChI=1S/C28H27N5O3/c29-26(34)21-9-7-19(8-10-21)16-31-28(36)25-23(24(32-33-25)20-11-12-20)15-18-5-3-17(4-6-18)14-22-2-1-13-30-27(22)35/h1-10,13,20H,11-12,14-16H2,(H2,29,34)(H,30,35)(H,31,36)(H,32,33). The first-order valence-electron chi connectivity index (χ1n) is 12.0. The van der Waals surface area contributed by atoms with Gasteiger partial charge >= 0.3 is 0 Å². The average molecular weight is 482 g/mol. The van der Waals surface area contributed by atoms with E-state index >= 15 is 0 Å². The molecule has 5 N–H and O–H groups in total. The van der Waals surface area contributed by atoms with Crippen LogP contribution in [-0.4, -0.2) is 27.0 Å². The fraction of sp³-hybridized carbons (Fsp3) is 0.214. The Kier molecular flexibility index (Phi) is 6.49. The molecule has 5 rings (SSSR count). The number of aromatic amines is 2. The number of benzene rings is 2. The van der Waals surface area contributed by atoms with Gasteiger partial charge in [-0.2, -0.15) is 5.10 Å². The lowest BCUT2D eigenvalue weighted by Gasteiger charge is -2.09. The summed E-state index contributed by atoms with van der Waals surface area (Å²) in [7, 11) is 0. The van der Waals surface area contributed by atoms with Crippen LogP contribution in [0.15, 0.2) is 71.7 Å². The Hall–Kier alpha value is -4.46. The van der Waals surface area contributed by atoms with Crippen LogP contribution in [0.1, 0.15) is 73.1 Å². The lowest BCUT2D eigenvalue weighted by Crippen LogP contribution is -2.24. The first-order chi connectivity index (χ1) is 17.5. The average Bonchev–Trinajstić information content (AvgIpc) is 3.65. The molecular weight excluding hydrogens is 454 g/mol. The van der Waals surface area contributed by atoms with Crippen molar-refractivity contribution in [1.82, 2.24) is 20.5 Å². The highest BCUT2D eigenvalue weighted by molar-refractivity contribution is 5.94. The number of carbonyl (C=O) groups is 2. The van der Waals surface area contributed by atoms with Gasteiger partial charge in [0.1, 0.15) is 0 Å². The summed E-state index contributed by atoms with van der Waals surface area (Å²) in [6.07, 6.45) is 4.96. The Balaban J connectivity index is 1.29. The number of carbonyl (C=O) groups excluding carboxylic acids is 2. The summed E-state index contributed by atoms with van der Waals surface area (Å²) >= 11 is 0. The largest absolute Gasteiger partial charge is 0.366 e. The third kappa shape index (κ3) is 5.27. The zero-order valence-electron chi connectivity index (χ0n) is 19.7. The maximum atomic E-state index is 13.0. The molecule has 1 aliphatic carbocycles. The van der Waals surface area contributed by atoms with Crippen LogP contribution in [0.5, 0.6) is 0 Å². The van der Waals surface area contributed by atoms with E-state index in [2.05, 4.69) is 20.5 Å². The number of nitrogens with two attached hydrogens (primary N) is 1. The number of aromatic nitrogens is 3. The Bertz CT molecular complexity index is 1450. The molecule has 2 aromatic carbocycles. The molecule has 8 heteroatoms. The van der Waals surface area contributed by atoms with Crippen molar-refractivity contribution in [2.45, 2.75) is 38.1 Å². The lowest BCUT2D eigenvalue weighted by molar-refractivity contribution is 0.0943. The van der Waals surface area contributed by atoms with Gasteiger partial charge in [0.05, 0.1) is 0 Å². The number of pyridine rings is 1. The monoisotopic (exact) mass is 481 g/mol. The lowest BCUT2D eigenvalue weighted by atomic mass is 9.98. The molecule has 0 spiro atoms. The number of nitrogens with one attached hydrogen (secondary N) is 3. The summed E-state index contributed by atoms with van der Waals surface area (Å²) < 4.78 is 0. The first kappa shape index (κ1) is 23.3. The van der Waals surface area contributed by atoms with Gasteiger partial charge in [-0.05, 0) is 47.7 Å². The minimum absolute atomic E-state index is 0.0754. The number of amides is 2. The number of H-pyrrole nitrogens is 2. The molecule has 1 saturated carbocycles. The van der Waals surface area contributed by atoms with Gasteiger partial charge in [0.2, 0.25) is 5.91 Å². The number of rotatable bonds is 9. The Morgan fingerprint density at radius 1 is 0.944 bits per heavy atom. The molecule has 0 atom stereocenters. The summed E-state index contributed by atoms with van der Waals surface area (Å²) in [6, 6.07) is 18.6. The van der Waals surface area contributed by atoms with Gasteiger partial charge in [0.25, 0.3) is 11.5 Å². The van der Waals surface area contributed by atoms with E-state index < -0.39 is 5.91 Å². The van der Waals surface area contributed by atoms with Crippen LogP contribution in [0, 0.1) is 0 Å². The van der Waals surface area contributed by atoms with Crippen molar-refractivity contribution in [3.05, 3.63) is 122 Å². The Morgan fingerprint density at radius 2 is 1.61 bits per heavy atom. The number of nitrogens with zero attached hydrogens (tertiary/aromatic N) is 1. The van der Waals surface area contributed by atoms with Crippen LogP contribution in [0.25, 0.3) is 0 Å². The topological polar surface area (TPSA) is 134 Å². The number of hydrogen-bond donors (Lipinski definition) is 4. The van der Waals surface area contributed by atoms with Crippen LogP contribution < -0.4 is 16.6 Å². The molecule has 0 aliphatic heterocycles. The van der Waals surface area contributed by atoms with Gasteiger partial charge in [0, 0.05) is 53.9 Å². The smallest absolute Gasteiger partial charge is 0.272 e. The van der Waals surface area contributed by atoms with Crippen LogP contribution >= 0.6 is 0 Å². The van der Waals surface area contributed by atoms with Crippen molar-refractivity contribution in [3.8, 4) is 0 Å². The number of hydrogen-bond acceptors (Lipinski definition) is 4. The van der Waals surface area contributed by atoms with Crippen molar-refractivity contribution < 1.29 is 9.59 Å². The van der Waals surface area contributed by atoms with E-state index in [-0.39, 0.29) is 11.5 Å². The predicted molar refractivity (Wildman–Crippen MR) is 136 cm³/mol. The van der Waals surface area contributed by atoms with Gasteiger partial charge in [-0.15, -0.1) is 0 Å². The zero-order valence-corrected chi connectivity index (χ0v) is 19.7. The molecule has 4 aromatic rings.